The lowest BCUT2D eigenvalue weighted by atomic mass is 9.91. The minimum Gasteiger partial charge on any atom is -0.355 e. The maximum absolute atomic E-state index is 13.4. The van der Waals surface area contributed by atoms with Crippen molar-refractivity contribution in [2.75, 3.05) is 24.5 Å². The minimum absolute atomic E-state index is 0.185. The summed E-state index contributed by atoms with van der Waals surface area (Å²) in [4.78, 5) is 35.2. The maximum Gasteiger partial charge on any atom is 0.267 e. The number of fused-ring (bicyclic) bond motifs is 1. The molecule has 0 aromatic carbocycles. The van der Waals surface area contributed by atoms with Gasteiger partial charge in [0, 0.05) is 25.8 Å². The van der Waals surface area contributed by atoms with E-state index < -0.39 is 0 Å². The fraction of sp³-hybridized carbons (Fsp3) is 0.364. The Hall–Kier alpha value is -2.45. The van der Waals surface area contributed by atoms with E-state index in [2.05, 4.69) is 25.3 Å². The lowest BCUT2D eigenvalue weighted by Crippen LogP contribution is -2.40. The molecule has 2 aliphatic rings. The van der Waals surface area contributed by atoms with Gasteiger partial charge in [-0.3, -0.25) is 18.9 Å². The van der Waals surface area contributed by atoms with Gasteiger partial charge in [-0.1, -0.05) is 50.0 Å². The molecule has 0 saturated carbocycles. The second-order valence-corrected chi connectivity index (χ2v) is 9.69. The van der Waals surface area contributed by atoms with E-state index in [0.29, 0.717) is 44.6 Å². The first-order valence-electron chi connectivity index (χ1n) is 10.0. The molecule has 2 fully saturated rings. The molecule has 2 saturated heterocycles. The Morgan fingerprint density at radius 3 is 2.70 bits per heavy atom. The SMILES string of the molecule is C=CCN1C(=O)/C(=C\c2c(N3C[C@H](C)C[C@@H](C)C3)nc3ccccn3c2=O)SC1=S. The lowest BCUT2D eigenvalue weighted by Gasteiger charge is -2.36. The summed E-state index contributed by atoms with van der Waals surface area (Å²) >= 11 is 6.56. The van der Waals surface area contributed by atoms with Crippen LogP contribution in [0, 0.1) is 11.8 Å². The van der Waals surface area contributed by atoms with Gasteiger partial charge in [0.2, 0.25) is 0 Å². The van der Waals surface area contributed by atoms with Crippen molar-refractivity contribution in [1.82, 2.24) is 14.3 Å². The predicted octanol–water partition coefficient (Wildman–Crippen LogP) is 3.56. The van der Waals surface area contributed by atoms with Crippen molar-refractivity contribution in [3.8, 4) is 0 Å². The molecular weight excluding hydrogens is 416 g/mol. The van der Waals surface area contributed by atoms with Gasteiger partial charge in [0.25, 0.3) is 11.5 Å². The Morgan fingerprint density at radius 1 is 1.27 bits per heavy atom. The molecule has 30 heavy (non-hydrogen) atoms. The molecule has 0 N–H and O–H groups in total. The van der Waals surface area contributed by atoms with Gasteiger partial charge in [-0.15, -0.1) is 6.58 Å². The van der Waals surface area contributed by atoms with Crippen molar-refractivity contribution >= 4 is 51.7 Å². The summed E-state index contributed by atoms with van der Waals surface area (Å²) < 4.78 is 2.00. The van der Waals surface area contributed by atoms with Crippen LogP contribution in [0.4, 0.5) is 5.82 Å². The number of carbonyl (C=O) groups is 1. The number of hydrogen-bond donors (Lipinski definition) is 0. The van der Waals surface area contributed by atoms with E-state index >= 15 is 0 Å². The van der Waals surface area contributed by atoms with Gasteiger partial charge in [-0.05, 0) is 36.5 Å². The summed E-state index contributed by atoms with van der Waals surface area (Å²) in [6.45, 7) is 10.1. The number of anilines is 1. The molecule has 8 heteroatoms. The fourth-order valence-corrected chi connectivity index (χ4v) is 5.47. The third-order valence-corrected chi connectivity index (χ3v) is 6.76. The zero-order chi connectivity index (χ0) is 21.4. The van der Waals surface area contributed by atoms with E-state index in [9.17, 15) is 9.59 Å². The van der Waals surface area contributed by atoms with Gasteiger partial charge in [0.1, 0.15) is 15.8 Å². The average Bonchev–Trinajstić information content (AvgIpc) is 2.97. The number of piperidine rings is 1. The van der Waals surface area contributed by atoms with Crippen LogP contribution in [0.3, 0.4) is 0 Å². The van der Waals surface area contributed by atoms with Crippen LogP contribution in [0.1, 0.15) is 25.8 Å². The first kappa shape index (κ1) is 20.8. The predicted molar refractivity (Wildman–Crippen MR) is 127 cm³/mol. The molecule has 4 rings (SSSR count). The molecular formula is C22H24N4O2S2. The number of aromatic nitrogens is 2. The summed E-state index contributed by atoms with van der Waals surface area (Å²) in [5.41, 5.74) is 0.842. The third kappa shape index (κ3) is 3.81. The van der Waals surface area contributed by atoms with Crippen LogP contribution in [-0.4, -0.2) is 44.1 Å². The maximum atomic E-state index is 13.4. The molecule has 2 atom stereocenters. The molecule has 0 radical (unpaired) electrons. The molecule has 0 bridgehead atoms. The first-order chi connectivity index (χ1) is 14.4. The van der Waals surface area contributed by atoms with Crippen LogP contribution >= 0.6 is 24.0 Å². The van der Waals surface area contributed by atoms with Crippen molar-refractivity contribution < 1.29 is 4.79 Å². The van der Waals surface area contributed by atoms with Crippen LogP contribution in [0.25, 0.3) is 11.7 Å². The molecule has 156 valence electrons. The van der Waals surface area contributed by atoms with Crippen molar-refractivity contribution in [3.05, 3.63) is 57.9 Å². The fourth-order valence-electron chi connectivity index (χ4n) is 4.21. The van der Waals surface area contributed by atoms with E-state index in [-0.39, 0.29) is 11.5 Å². The molecule has 1 amide bonds. The standard InChI is InChI=1S/C22H24N4O2S2/c1-4-8-26-21(28)17(30-22(26)29)11-16-19(24-12-14(2)10-15(3)13-24)23-18-7-5-6-9-25(18)20(16)27/h4-7,9,11,14-15H,1,8,10,12-13H2,2-3H3/b17-11+/t14-,15-/m1/s1. The topological polar surface area (TPSA) is 57.9 Å². The Balaban J connectivity index is 1.87. The van der Waals surface area contributed by atoms with Crippen molar-refractivity contribution in [1.29, 1.82) is 0 Å². The van der Waals surface area contributed by atoms with Gasteiger partial charge < -0.3 is 4.90 Å². The Labute approximate surface area is 185 Å². The number of hydrogen-bond acceptors (Lipinski definition) is 6. The van der Waals surface area contributed by atoms with Gasteiger partial charge >= 0.3 is 0 Å². The highest BCUT2D eigenvalue weighted by molar-refractivity contribution is 8.26. The second-order valence-electron chi connectivity index (χ2n) is 8.02. The van der Waals surface area contributed by atoms with E-state index in [1.54, 1.807) is 24.4 Å². The number of nitrogens with zero attached hydrogens (tertiary/aromatic N) is 4. The van der Waals surface area contributed by atoms with Crippen LogP contribution in [0.2, 0.25) is 0 Å². The van der Waals surface area contributed by atoms with E-state index in [4.69, 9.17) is 17.2 Å². The van der Waals surface area contributed by atoms with Gasteiger partial charge in [-0.2, -0.15) is 0 Å². The molecule has 2 aromatic heterocycles. The number of rotatable bonds is 4. The van der Waals surface area contributed by atoms with E-state index in [1.807, 2.05) is 12.1 Å². The molecule has 0 unspecified atom stereocenters. The minimum atomic E-state index is -0.200. The summed E-state index contributed by atoms with van der Waals surface area (Å²) in [7, 11) is 0. The highest BCUT2D eigenvalue weighted by Crippen LogP contribution is 2.34. The Morgan fingerprint density at radius 2 is 2.00 bits per heavy atom. The van der Waals surface area contributed by atoms with E-state index in [0.717, 1.165) is 19.5 Å². The third-order valence-electron chi connectivity index (χ3n) is 5.38. The lowest BCUT2D eigenvalue weighted by molar-refractivity contribution is -0.121. The molecule has 2 aliphatic heterocycles. The number of pyridine rings is 1. The van der Waals surface area contributed by atoms with Crippen LogP contribution in [-0.2, 0) is 4.79 Å². The smallest absolute Gasteiger partial charge is 0.267 e. The molecule has 2 aromatic rings. The average molecular weight is 441 g/mol. The van der Waals surface area contributed by atoms with Gasteiger partial charge in [0.05, 0.1) is 10.5 Å². The summed E-state index contributed by atoms with van der Waals surface area (Å²) in [5, 5.41) is 0. The zero-order valence-corrected chi connectivity index (χ0v) is 18.7. The normalized spacial score (nSPS) is 23.6. The second kappa shape index (κ2) is 8.35. The van der Waals surface area contributed by atoms with Crippen molar-refractivity contribution in [2.45, 2.75) is 20.3 Å². The summed E-state index contributed by atoms with van der Waals surface area (Å²) in [5.74, 6) is 1.44. The number of thioether (sulfide) groups is 1. The molecule has 0 spiro atoms. The van der Waals surface area contributed by atoms with Crippen molar-refractivity contribution in [2.24, 2.45) is 11.8 Å². The number of amides is 1. The van der Waals surface area contributed by atoms with Crippen molar-refractivity contribution in [3.63, 3.8) is 0 Å². The zero-order valence-electron chi connectivity index (χ0n) is 17.1. The number of carbonyl (C=O) groups excluding carboxylic acids is 1. The Bertz CT molecular complexity index is 1110. The van der Waals surface area contributed by atoms with Crippen LogP contribution in [0.15, 0.2) is 46.8 Å². The largest absolute Gasteiger partial charge is 0.355 e. The van der Waals surface area contributed by atoms with Gasteiger partial charge in [0.15, 0.2) is 0 Å². The molecule has 4 heterocycles. The highest BCUT2D eigenvalue weighted by atomic mass is 32.2. The quantitative estimate of drug-likeness (QED) is 0.412. The number of thiocarbonyl (C=S) groups is 1. The molecule has 0 aliphatic carbocycles. The monoisotopic (exact) mass is 440 g/mol. The first-order valence-corrected chi connectivity index (χ1v) is 11.2. The van der Waals surface area contributed by atoms with Gasteiger partial charge in [-0.25, -0.2) is 4.98 Å². The highest BCUT2D eigenvalue weighted by Gasteiger charge is 2.32. The Kier molecular flexibility index (Phi) is 5.79. The summed E-state index contributed by atoms with van der Waals surface area (Å²) in [6.07, 6.45) is 6.16. The summed E-state index contributed by atoms with van der Waals surface area (Å²) in [6, 6.07) is 5.50. The van der Waals surface area contributed by atoms with Crippen LogP contribution < -0.4 is 10.5 Å². The molecule has 6 nitrogen and oxygen atoms in total. The van der Waals surface area contributed by atoms with Crippen LogP contribution in [0.5, 0.6) is 0 Å². The van der Waals surface area contributed by atoms with E-state index in [1.165, 1.54) is 21.1 Å².